The molecule has 0 unspecified atom stereocenters. The molecule has 22 heavy (non-hydrogen) atoms. The molecule has 0 aliphatic heterocycles. The molecule has 0 saturated heterocycles. The molecule has 0 fully saturated rings. The number of rotatable bonds is 2. The first-order valence-corrected chi connectivity index (χ1v) is 7.50. The van der Waals surface area contributed by atoms with E-state index in [2.05, 4.69) is 15.1 Å². The molecule has 4 rings (SSSR count). The van der Waals surface area contributed by atoms with Crippen LogP contribution in [0.1, 0.15) is 5.56 Å². The fourth-order valence-electron chi connectivity index (χ4n) is 2.16. The predicted octanol–water partition coefficient (Wildman–Crippen LogP) is 1.76. The second-order valence-corrected chi connectivity index (χ2v) is 5.70. The number of benzene rings is 1. The minimum atomic E-state index is -0.142. The average Bonchev–Trinajstić information content (AvgIpc) is 3.10. The topological polar surface area (TPSA) is 60.2 Å². The van der Waals surface area contributed by atoms with Crippen molar-refractivity contribution in [3.8, 4) is 11.4 Å². The predicted molar refractivity (Wildman–Crippen MR) is 85.6 cm³/mol. The van der Waals surface area contributed by atoms with E-state index in [1.807, 2.05) is 48.5 Å². The van der Waals surface area contributed by atoms with Gasteiger partial charge in [0.2, 0.25) is 4.96 Å². The van der Waals surface area contributed by atoms with E-state index >= 15 is 0 Å². The minimum absolute atomic E-state index is 0.142. The smallest absolute Gasteiger partial charge is 0.266 e. The van der Waals surface area contributed by atoms with Crippen LogP contribution in [0.15, 0.2) is 59.7 Å². The van der Waals surface area contributed by atoms with Crippen LogP contribution in [0, 0.1) is 0 Å². The molecule has 0 amide bonds. The van der Waals surface area contributed by atoms with Gasteiger partial charge in [0, 0.05) is 18.0 Å². The lowest BCUT2D eigenvalue weighted by Crippen LogP contribution is -2.23. The maximum atomic E-state index is 12.4. The number of aromatic nitrogens is 4. The van der Waals surface area contributed by atoms with E-state index in [0.717, 1.165) is 11.1 Å². The van der Waals surface area contributed by atoms with Crippen molar-refractivity contribution in [1.29, 1.82) is 0 Å². The van der Waals surface area contributed by atoms with Gasteiger partial charge in [0.05, 0.1) is 4.53 Å². The Morgan fingerprint density at radius 2 is 1.82 bits per heavy atom. The molecule has 0 aliphatic rings. The van der Waals surface area contributed by atoms with Crippen molar-refractivity contribution in [2.45, 2.75) is 0 Å². The summed E-state index contributed by atoms with van der Waals surface area (Å²) in [6, 6.07) is 13.4. The standard InChI is InChI=1S/C16H10N4OS/c21-15-13(10-11-4-2-1-3-5-11)22-16-18-14(19-20(15)16)12-6-8-17-9-7-12/h1-10H. The highest BCUT2D eigenvalue weighted by molar-refractivity contribution is 7.15. The highest BCUT2D eigenvalue weighted by Crippen LogP contribution is 2.14. The molecule has 0 atom stereocenters. The largest absolute Gasteiger partial charge is 0.291 e. The minimum Gasteiger partial charge on any atom is -0.266 e. The van der Waals surface area contributed by atoms with Crippen LogP contribution in [0.2, 0.25) is 0 Å². The number of fused-ring (bicyclic) bond motifs is 1. The zero-order chi connectivity index (χ0) is 14.9. The van der Waals surface area contributed by atoms with Crippen molar-refractivity contribution in [2.75, 3.05) is 0 Å². The van der Waals surface area contributed by atoms with Gasteiger partial charge < -0.3 is 0 Å². The van der Waals surface area contributed by atoms with E-state index in [-0.39, 0.29) is 5.56 Å². The molecule has 0 aliphatic carbocycles. The van der Waals surface area contributed by atoms with Gasteiger partial charge in [-0.3, -0.25) is 9.78 Å². The van der Waals surface area contributed by atoms with Gasteiger partial charge in [-0.05, 0) is 23.8 Å². The van der Waals surface area contributed by atoms with Gasteiger partial charge in [0.15, 0.2) is 5.82 Å². The van der Waals surface area contributed by atoms with Gasteiger partial charge in [0.25, 0.3) is 5.56 Å². The van der Waals surface area contributed by atoms with Crippen LogP contribution in [0.4, 0.5) is 0 Å². The Balaban J connectivity index is 1.85. The van der Waals surface area contributed by atoms with Gasteiger partial charge in [-0.25, -0.2) is 0 Å². The summed E-state index contributed by atoms with van der Waals surface area (Å²) < 4.78 is 1.98. The number of nitrogens with zero attached hydrogens (tertiary/aromatic N) is 4. The molecular weight excluding hydrogens is 296 g/mol. The Labute approximate surface area is 129 Å². The first kappa shape index (κ1) is 12.8. The molecule has 0 spiro atoms. The van der Waals surface area contributed by atoms with Crippen LogP contribution in [-0.4, -0.2) is 19.6 Å². The Morgan fingerprint density at radius 1 is 1.05 bits per heavy atom. The van der Waals surface area contributed by atoms with E-state index in [1.165, 1.54) is 15.9 Å². The Bertz CT molecular complexity index is 1040. The van der Waals surface area contributed by atoms with E-state index in [1.54, 1.807) is 12.4 Å². The maximum Gasteiger partial charge on any atom is 0.291 e. The number of pyridine rings is 1. The van der Waals surface area contributed by atoms with E-state index in [0.29, 0.717) is 15.3 Å². The van der Waals surface area contributed by atoms with Crippen LogP contribution < -0.4 is 10.1 Å². The third kappa shape index (κ3) is 2.19. The summed E-state index contributed by atoms with van der Waals surface area (Å²) in [5.74, 6) is 0.539. The monoisotopic (exact) mass is 306 g/mol. The number of thiazole rings is 1. The van der Waals surface area contributed by atoms with E-state index in [4.69, 9.17) is 0 Å². The summed E-state index contributed by atoms with van der Waals surface area (Å²) in [5, 5.41) is 4.30. The fourth-order valence-corrected chi connectivity index (χ4v) is 3.07. The van der Waals surface area contributed by atoms with E-state index in [9.17, 15) is 4.79 Å². The van der Waals surface area contributed by atoms with Gasteiger partial charge in [-0.1, -0.05) is 41.7 Å². The highest BCUT2D eigenvalue weighted by Gasteiger charge is 2.11. The zero-order valence-electron chi connectivity index (χ0n) is 11.4. The lowest BCUT2D eigenvalue weighted by molar-refractivity contribution is 0.936. The first-order chi connectivity index (χ1) is 10.8. The normalized spacial score (nSPS) is 12.1. The molecule has 0 radical (unpaired) electrons. The molecular formula is C16H10N4OS. The third-order valence-electron chi connectivity index (χ3n) is 3.22. The lowest BCUT2D eigenvalue weighted by Gasteiger charge is -1.91. The zero-order valence-corrected chi connectivity index (χ0v) is 12.2. The Hall–Kier alpha value is -2.86. The molecule has 3 aromatic heterocycles. The molecule has 5 nitrogen and oxygen atoms in total. The molecule has 0 bridgehead atoms. The SMILES string of the molecule is O=c1c(=Cc2ccccc2)sc2nc(-c3ccncc3)nn12. The summed E-state index contributed by atoms with van der Waals surface area (Å²) in [6.07, 6.45) is 5.21. The second kappa shape index (κ2) is 5.16. The van der Waals surface area contributed by atoms with E-state index < -0.39 is 0 Å². The molecule has 4 aromatic rings. The summed E-state index contributed by atoms with van der Waals surface area (Å²) in [4.78, 5) is 21.4. The van der Waals surface area contributed by atoms with Gasteiger partial charge >= 0.3 is 0 Å². The molecule has 1 aromatic carbocycles. The van der Waals surface area contributed by atoms with Crippen LogP contribution in [0.25, 0.3) is 22.4 Å². The summed E-state index contributed by atoms with van der Waals surface area (Å²) in [5.41, 5.74) is 1.69. The van der Waals surface area contributed by atoms with Crippen molar-refractivity contribution in [1.82, 2.24) is 19.6 Å². The average molecular weight is 306 g/mol. The molecule has 106 valence electrons. The summed E-state index contributed by atoms with van der Waals surface area (Å²) in [7, 11) is 0. The van der Waals surface area contributed by atoms with Crippen LogP contribution in [-0.2, 0) is 0 Å². The first-order valence-electron chi connectivity index (χ1n) is 6.68. The number of hydrogen-bond acceptors (Lipinski definition) is 5. The van der Waals surface area contributed by atoms with Crippen LogP contribution in [0.3, 0.4) is 0 Å². The third-order valence-corrected chi connectivity index (χ3v) is 4.18. The molecule has 6 heteroatoms. The van der Waals surface area contributed by atoms with Crippen molar-refractivity contribution < 1.29 is 0 Å². The number of hydrogen-bond donors (Lipinski definition) is 0. The molecule has 0 saturated carbocycles. The van der Waals surface area contributed by atoms with Crippen molar-refractivity contribution in [3.63, 3.8) is 0 Å². The maximum absolute atomic E-state index is 12.4. The quantitative estimate of drug-likeness (QED) is 0.566. The summed E-state index contributed by atoms with van der Waals surface area (Å²) >= 11 is 1.34. The Morgan fingerprint density at radius 3 is 2.55 bits per heavy atom. The lowest BCUT2D eigenvalue weighted by atomic mass is 10.2. The second-order valence-electron chi connectivity index (χ2n) is 4.69. The van der Waals surface area contributed by atoms with Crippen molar-refractivity contribution >= 4 is 22.4 Å². The fraction of sp³-hybridized carbons (Fsp3) is 0. The van der Waals surface area contributed by atoms with Crippen molar-refractivity contribution in [3.05, 3.63) is 75.3 Å². The molecule has 3 heterocycles. The van der Waals surface area contributed by atoms with Gasteiger partial charge in [-0.15, -0.1) is 5.10 Å². The highest BCUT2D eigenvalue weighted by atomic mass is 32.1. The van der Waals surface area contributed by atoms with Gasteiger partial charge in [-0.2, -0.15) is 9.50 Å². The summed E-state index contributed by atoms with van der Waals surface area (Å²) in [6.45, 7) is 0. The van der Waals surface area contributed by atoms with Gasteiger partial charge in [0.1, 0.15) is 0 Å². The van der Waals surface area contributed by atoms with Crippen molar-refractivity contribution in [2.24, 2.45) is 0 Å². The van der Waals surface area contributed by atoms with Crippen LogP contribution in [0.5, 0.6) is 0 Å². The Kier molecular flexibility index (Phi) is 3.01. The molecule has 0 N–H and O–H groups in total. The van der Waals surface area contributed by atoms with Crippen LogP contribution >= 0.6 is 11.3 Å².